The highest BCUT2D eigenvalue weighted by Gasteiger charge is 2.22. The summed E-state index contributed by atoms with van der Waals surface area (Å²) in [6, 6.07) is 4.66. The van der Waals surface area contributed by atoms with Gasteiger partial charge in [0, 0.05) is 25.0 Å². The minimum absolute atomic E-state index is 0.169. The van der Waals surface area contributed by atoms with Crippen molar-refractivity contribution >= 4 is 11.8 Å². The first kappa shape index (κ1) is 22.9. The lowest BCUT2D eigenvalue weighted by molar-refractivity contribution is 0.126. The van der Waals surface area contributed by atoms with Crippen LogP contribution in [0.1, 0.15) is 69.8 Å². The van der Waals surface area contributed by atoms with Gasteiger partial charge in [-0.25, -0.2) is 4.98 Å². The Kier molecular flexibility index (Phi) is 7.92. The Labute approximate surface area is 192 Å². The van der Waals surface area contributed by atoms with Gasteiger partial charge in [-0.2, -0.15) is 4.98 Å². The number of nitrogens with zero attached hydrogens (tertiary/aromatic N) is 4. The maximum Gasteiger partial charge on any atom is 0.224 e. The molecule has 1 aliphatic carbocycles. The lowest BCUT2D eigenvalue weighted by Crippen LogP contribution is -2.29. The first-order chi connectivity index (χ1) is 15.6. The second-order valence-electron chi connectivity index (χ2n) is 9.44. The SMILES string of the molecule is CCCCNc1ncc(-c2ccc(C3CCN(C)CC3)cn2)c(N[C@H]2CC[C@H](O)CC2)n1. The molecule has 1 saturated heterocycles. The highest BCUT2D eigenvalue weighted by atomic mass is 16.3. The maximum atomic E-state index is 9.86. The zero-order chi connectivity index (χ0) is 22.3. The van der Waals surface area contributed by atoms with Crippen LogP contribution in [0.15, 0.2) is 24.5 Å². The minimum atomic E-state index is -0.169. The third kappa shape index (κ3) is 5.95. The van der Waals surface area contributed by atoms with E-state index >= 15 is 0 Å². The fourth-order valence-corrected chi connectivity index (χ4v) is 4.70. The number of likely N-dealkylation sites (tertiary alicyclic amines) is 1. The van der Waals surface area contributed by atoms with Crippen LogP contribution >= 0.6 is 0 Å². The molecule has 0 spiro atoms. The zero-order valence-corrected chi connectivity index (χ0v) is 19.6. The first-order valence-electron chi connectivity index (χ1n) is 12.3. The molecule has 0 radical (unpaired) electrons. The molecule has 2 aliphatic rings. The van der Waals surface area contributed by atoms with Gasteiger partial charge in [0.05, 0.1) is 17.4 Å². The molecule has 2 aromatic rings. The van der Waals surface area contributed by atoms with Gasteiger partial charge in [0.2, 0.25) is 5.95 Å². The van der Waals surface area contributed by atoms with E-state index in [1.807, 2.05) is 12.4 Å². The van der Waals surface area contributed by atoms with Crippen molar-refractivity contribution < 1.29 is 5.11 Å². The Hall–Kier alpha value is -2.25. The van der Waals surface area contributed by atoms with Crippen molar-refractivity contribution in [2.75, 3.05) is 37.3 Å². The van der Waals surface area contributed by atoms with Gasteiger partial charge in [0.15, 0.2) is 0 Å². The van der Waals surface area contributed by atoms with Crippen LogP contribution in [0.5, 0.6) is 0 Å². The molecule has 1 aliphatic heterocycles. The van der Waals surface area contributed by atoms with Crippen LogP contribution in [0.25, 0.3) is 11.3 Å². The van der Waals surface area contributed by atoms with Gasteiger partial charge in [0.25, 0.3) is 0 Å². The fourth-order valence-electron chi connectivity index (χ4n) is 4.70. The van der Waals surface area contributed by atoms with Gasteiger partial charge in [-0.1, -0.05) is 19.4 Å². The van der Waals surface area contributed by atoms with Crippen molar-refractivity contribution in [2.45, 2.75) is 76.4 Å². The van der Waals surface area contributed by atoms with Gasteiger partial charge < -0.3 is 20.6 Å². The second kappa shape index (κ2) is 11.1. The summed E-state index contributed by atoms with van der Waals surface area (Å²) in [5, 5.41) is 16.8. The molecule has 0 bridgehead atoms. The third-order valence-electron chi connectivity index (χ3n) is 6.89. The fraction of sp³-hybridized carbons (Fsp3) is 0.640. The van der Waals surface area contributed by atoms with Crippen molar-refractivity contribution in [2.24, 2.45) is 0 Å². The van der Waals surface area contributed by atoms with Crippen LogP contribution in [-0.4, -0.2) is 63.8 Å². The topological polar surface area (TPSA) is 86.2 Å². The monoisotopic (exact) mass is 438 g/mol. The second-order valence-corrected chi connectivity index (χ2v) is 9.44. The van der Waals surface area contributed by atoms with Crippen LogP contribution < -0.4 is 10.6 Å². The molecule has 0 aromatic carbocycles. The predicted molar refractivity (Wildman–Crippen MR) is 130 cm³/mol. The van der Waals surface area contributed by atoms with E-state index in [2.05, 4.69) is 46.6 Å². The molecule has 0 atom stereocenters. The summed E-state index contributed by atoms with van der Waals surface area (Å²) in [5.74, 6) is 2.09. The van der Waals surface area contributed by atoms with Crippen LogP contribution in [0.2, 0.25) is 0 Å². The van der Waals surface area contributed by atoms with Crippen molar-refractivity contribution in [3.63, 3.8) is 0 Å². The summed E-state index contributed by atoms with van der Waals surface area (Å²) in [6.07, 6.45) is 11.9. The number of anilines is 2. The van der Waals surface area contributed by atoms with Crippen LogP contribution in [-0.2, 0) is 0 Å². The number of aliphatic hydroxyl groups is 1. The summed E-state index contributed by atoms with van der Waals surface area (Å²) in [7, 11) is 2.19. The molecule has 1 saturated carbocycles. The van der Waals surface area contributed by atoms with E-state index in [4.69, 9.17) is 9.97 Å². The van der Waals surface area contributed by atoms with Crippen molar-refractivity contribution in [3.05, 3.63) is 30.1 Å². The molecule has 0 amide bonds. The molecular weight excluding hydrogens is 400 g/mol. The van der Waals surface area contributed by atoms with Gasteiger partial charge >= 0.3 is 0 Å². The van der Waals surface area contributed by atoms with E-state index in [0.717, 1.165) is 75.2 Å². The number of hydrogen-bond donors (Lipinski definition) is 3. The number of aromatic nitrogens is 3. The van der Waals surface area contributed by atoms with E-state index in [-0.39, 0.29) is 6.10 Å². The van der Waals surface area contributed by atoms with E-state index in [1.165, 1.54) is 18.4 Å². The van der Waals surface area contributed by atoms with Crippen LogP contribution in [0.4, 0.5) is 11.8 Å². The highest BCUT2D eigenvalue weighted by molar-refractivity contribution is 5.73. The maximum absolute atomic E-state index is 9.86. The summed E-state index contributed by atoms with van der Waals surface area (Å²) >= 11 is 0. The lowest BCUT2D eigenvalue weighted by atomic mass is 9.90. The van der Waals surface area contributed by atoms with Crippen molar-refractivity contribution in [3.8, 4) is 11.3 Å². The number of rotatable bonds is 8. The van der Waals surface area contributed by atoms with Crippen molar-refractivity contribution in [1.29, 1.82) is 0 Å². The number of unbranched alkanes of at least 4 members (excludes halogenated alkanes) is 1. The van der Waals surface area contributed by atoms with E-state index < -0.39 is 0 Å². The average Bonchev–Trinajstić information content (AvgIpc) is 2.82. The van der Waals surface area contributed by atoms with Crippen LogP contribution in [0.3, 0.4) is 0 Å². The Morgan fingerprint density at radius 1 is 1.03 bits per heavy atom. The molecule has 3 heterocycles. The number of aliphatic hydroxyl groups excluding tert-OH is 1. The summed E-state index contributed by atoms with van der Waals surface area (Å²) < 4.78 is 0. The Bertz CT molecular complexity index is 842. The molecule has 2 fully saturated rings. The van der Waals surface area contributed by atoms with Gasteiger partial charge in [-0.3, -0.25) is 4.98 Å². The van der Waals surface area contributed by atoms with E-state index in [9.17, 15) is 5.11 Å². The molecule has 7 nitrogen and oxygen atoms in total. The highest BCUT2D eigenvalue weighted by Crippen LogP contribution is 2.31. The molecular formula is C25H38N6O. The molecule has 2 aromatic heterocycles. The predicted octanol–water partition coefficient (Wildman–Crippen LogP) is 4.28. The quantitative estimate of drug-likeness (QED) is 0.531. The lowest BCUT2D eigenvalue weighted by Gasteiger charge is -2.29. The Morgan fingerprint density at radius 2 is 1.81 bits per heavy atom. The third-order valence-corrected chi connectivity index (χ3v) is 6.89. The normalized spacial score (nSPS) is 22.6. The van der Waals surface area contributed by atoms with Crippen molar-refractivity contribution in [1.82, 2.24) is 19.9 Å². The van der Waals surface area contributed by atoms with E-state index in [1.54, 1.807) is 0 Å². The molecule has 4 rings (SSSR count). The number of hydrogen-bond acceptors (Lipinski definition) is 7. The number of nitrogens with one attached hydrogen (secondary N) is 2. The number of pyridine rings is 1. The first-order valence-corrected chi connectivity index (χ1v) is 12.3. The zero-order valence-electron chi connectivity index (χ0n) is 19.6. The van der Waals surface area contributed by atoms with Gasteiger partial charge in [-0.15, -0.1) is 0 Å². The van der Waals surface area contributed by atoms with E-state index in [0.29, 0.717) is 17.9 Å². The summed E-state index contributed by atoms with van der Waals surface area (Å²) in [5.41, 5.74) is 3.17. The standard InChI is InChI=1S/C25H38N6O/c1-3-4-13-26-25-28-17-22(24(30-25)29-20-6-8-21(32)9-7-20)23-10-5-19(16-27-23)18-11-14-31(2)15-12-18/h5,10,16-18,20-21,32H,3-4,6-9,11-15H2,1-2H3,(H2,26,28,29,30)/t20-,21-. The summed E-state index contributed by atoms with van der Waals surface area (Å²) in [4.78, 5) is 16.6. The Morgan fingerprint density at radius 3 is 2.50 bits per heavy atom. The minimum Gasteiger partial charge on any atom is -0.393 e. The molecule has 3 N–H and O–H groups in total. The van der Waals surface area contributed by atoms with Crippen LogP contribution in [0, 0.1) is 0 Å². The van der Waals surface area contributed by atoms with Gasteiger partial charge in [0.1, 0.15) is 5.82 Å². The average molecular weight is 439 g/mol. The molecule has 7 heteroatoms. The molecule has 0 unspecified atom stereocenters. The smallest absolute Gasteiger partial charge is 0.224 e. The Balaban J connectivity index is 1.53. The van der Waals surface area contributed by atoms with Gasteiger partial charge in [-0.05, 0) is 82.6 Å². The largest absolute Gasteiger partial charge is 0.393 e. The summed E-state index contributed by atoms with van der Waals surface area (Å²) in [6.45, 7) is 5.35. The molecule has 32 heavy (non-hydrogen) atoms. The molecule has 174 valence electrons. The number of piperidine rings is 1.